The van der Waals surface area contributed by atoms with Crippen LogP contribution < -0.4 is 0 Å². The first kappa shape index (κ1) is 18.8. The normalized spacial score (nSPS) is 12.4. The molecule has 0 bridgehead atoms. The predicted octanol–water partition coefficient (Wildman–Crippen LogP) is 3.98. The van der Waals surface area contributed by atoms with Crippen molar-refractivity contribution in [1.29, 1.82) is 0 Å². The van der Waals surface area contributed by atoms with E-state index in [2.05, 4.69) is 29.1 Å². The highest BCUT2D eigenvalue weighted by atomic mass is 32.2. The molecule has 3 rings (SSSR count). The van der Waals surface area contributed by atoms with Crippen LogP contribution in [0.15, 0.2) is 34.7 Å². The molecule has 0 aliphatic carbocycles. The van der Waals surface area contributed by atoms with Crippen molar-refractivity contribution in [3.05, 3.63) is 29.6 Å². The van der Waals surface area contributed by atoms with Crippen LogP contribution in [0.5, 0.6) is 0 Å². The number of hydrogen-bond donors (Lipinski definition) is 0. The maximum atomic E-state index is 12.7. The lowest BCUT2D eigenvalue weighted by atomic mass is 10.3. The second-order valence-electron chi connectivity index (χ2n) is 6.03. The number of thioether (sulfide) groups is 1. The van der Waals surface area contributed by atoms with Gasteiger partial charge in [-0.15, -0.1) is 21.5 Å². The predicted molar refractivity (Wildman–Crippen MR) is 107 cm³/mol. The van der Waals surface area contributed by atoms with Crippen molar-refractivity contribution >= 4 is 34.7 Å². The van der Waals surface area contributed by atoms with Gasteiger partial charge in [0.25, 0.3) is 0 Å². The molecule has 1 amide bonds. The molecule has 0 aliphatic rings. The number of rotatable bonds is 8. The highest BCUT2D eigenvalue weighted by Crippen LogP contribution is 2.26. The Kier molecular flexibility index (Phi) is 6.26. The Hall–Kier alpha value is -1.93. The largest absolute Gasteiger partial charge is 0.342 e. The molecular formula is C18H23N5OS2. The fraction of sp³-hybridized carbons (Fsp3) is 0.444. The van der Waals surface area contributed by atoms with Crippen LogP contribution >= 0.6 is 23.1 Å². The highest BCUT2D eigenvalue weighted by molar-refractivity contribution is 8.00. The SMILES string of the molecule is CCCN(CCC)C(=O)[C@@H](C)Sc1ccc2nnc(-c3cccs3)n2n1. The fourth-order valence-corrected chi connectivity index (χ4v) is 4.34. The number of amides is 1. The van der Waals surface area contributed by atoms with Crippen molar-refractivity contribution in [1.82, 2.24) is 24.7 Å². The van der Waals surface area contributed by atoms with Crippen molar-refractivity contribution in [3.8, 4) is 10.7 Å². The van der Waals surface area contributed by atoms with Crippen molar-refractivity contribution in [3.63, 3.8) is 0 Å². The van der Waals surface area contributed by atoms with Crippen LogP contribution in [0.4, 0.5) is 0 Å². The first-order valence-electron chi connectivity index (χ1n) is 8.85. The van der Waals surface area contributed by atoms with Crippen LogP contribution in [0.3, 0.4) is 0 Å². The molecule has 0 saturated heterocycles. The molecule has 0 fully saturated rings. The molecule has 3 aromatic heterocycles. The molecule has 0 aliphatic heterocycles. The summed E-state index contributed by atoms with van der Waals surface area (Å²) in [5.74, 6) is 0.901. The van der Waals surface area contributed by atoms with Crippen LogP contribution in [0, 0.1) is 0 Å². The van der Waals surface area contributed by atoms with E-state index in [1.54, 1.807) is 15.9 Å². The van der Waals surface area contributed by atoms with Crippen LogP contribution in [0.1, 0.15) is 33.6 Å². The van der Waals surface area contributed by atoms with Gasteiger partial charge in [-0.05, 0) is 43.3 Å². The molecule has 1 atom stereocenters. The highest BCUT2D eigenvalue weighted by Gasteiger charge is 2.21. The van der Waals surface area contributed by atoms with E-state index in [0.717, 1.165) is 41.7 Å². The van der Waals surface area contributed by atoms with Crippen LogP contribution in [0.25, 0.3) is 16.3 Å². The third-order valence-corrected chi connectivity index (χ3v) is 5.80. The summed E-state index contributed by atoms with van der Waals surface area (Å²) >= 11 is 3.08. The van der Waals surface area contributed by atoms with Gasteiger partial charge < -0.3 is 4.90 Å². The van der Waals surface area contributed by atoms with Crippen molar-refractivity contribution in [2.24, 2.45) is 0 Å². The Labute approximate surface area is 161 Å². The van der Waals surface area contributed by atoms with Gasteiger partial charge in [-0.3, -0.25) is 4.79 Å². The van der Waals surface area contributed by atoms with E-state index >= 15 is 0 Å². The van der Waals surface area contributed by atoms with Gasteiger partial charge in [0.1, 0.15) is 5.03 Å². The van der Waals surface area contributed by atoms with Gasteiger partial charge in [0.05, 0.1) is 10.1 Å². The summed E-state index contributed by atoms with van der Waals surface area (Å²) in [6.07, 6.45) is 1.94. The topological polar surface area (TPSA) is 63.4 Å². The number of nitrogens with zero attached hydrogens (tertiary/aromatic N) is 5. The molecule has 0 saturated carbocycles. The summed E-state index contributed by atoms with van der Waals surface area (Å²) in [7, 11) is 0. The smallest absolute Gasteiger partial charge is 0.235 e. The minimum absolute atomic E-state index is 0.169. The minimum atomic E-state index is -0.181. The fourth-order valence-electron chi connectivity index (χ4n) is 2.76. The van der Waals surface area contributed by atoms with Gasteiger partial charge in [0.15, 0.2) is 11.5 Å². The molecule has 0 unspecified atom stereocenters. The van der Waals surface area contributed by atoms with Crippen molar-refractivity contribution in [2.75, 3.05) is 13.1 Å². The summed E-state index contributed by atoms with van der Waals surface area (Å²) in [5.41, 5.74) is 0.704. The van der Waals surface area contributed by atoms with Gasteiger partial charge in [-0.2, -0.15) is 9.61 Å². The number of fused-ring (bicyclic) bond motifs is 1. The Morgan fingerprint density at radius 2 is 2.00 bits per heavy atom. The van der Waals surface area contributed by atoms with E-state index in [1.807, 2.05) is 41.5 Å². The van der Waals surface area contributed by atoms with Gasteiger partial charge in [0.2, 0.25) is 5.91 Å². The first-order chi connectivity index (χ1) is 12.6. The van der Waals surface area contributed by atoms with E-state index in [4.69, 9.17) is 0 Å². The summed E-state index contributed by atoms with van der Waals surface area (Å²) < 4.78 is 1.75. The number of hydrogen-bond acceptors (Lipinski definition) is 6. The third-order valence-electron chi connectivity index (χ3n) is 3.92. The quantitative estimate of drug-likeness (QED) is 0.545. The van der Waals surface area contributed by atoms with Gasteiger partial charge >= 0.3 is 0 Å². The molecule has 3 aromatic rings. The van der Waals surface area contributed by atoms with E-state index in [-0.39, 0.29) is 11.2 Å². The van der Waals surface area contributed by atoms with E-state index in [1.165, 1.54) is 11.8 Å². The van der Waals surface area contributed by atoms with E-state index in [0.29, 0.717) is 5.65 Å². The molecule has 0 N–H and O–H groups in total. The van der Waals surface area contributed by atoms with Gasteiger partial charge in [0, 0.05) is 13.1 Å². The molecular weight excluding hydrogens is 366 g/mol. The first-order valence-corrected chi connectivity index (χ1v) is 10.6. The summed E-state index contributed by atoms with van der Waals surface area (Å²) in [5, 5.41) is 15.7. The Balaban J connectivity index is 1.80. The molecule has 138 valence electrons. The average molecular weight is 390 g/mol. The van der Waals surface area contributed by atoms with Gasteiger partial charge in [-0.25, -0.2) is 0 Å². The van der Waals surface area contributed by atoms with Crippen LogP contribution in [0.2, 0.25) is 0 Å². The Morgan fingerprint density at radius 1 is 1.23 bits per heavy atom. The molecule has 3 heterocycles. The molecule has 0 radical (unpaired) electrons. The lowest BCUT2D eigenvalue weighted by Crippen LogP contribution is -2.37. The third kappa shape index (κ3) is 4.07. The summed E-state index contributed by atoms with van der Waals surface area (Å²) in [6.45, 7) is 7.75. The molecule has 26 heavy (non-hydrogen) atoms. The van der Waals surface area contributed by atoms with Crippen LogP contribution in [-0.4, -0.2) is 49.0 Å². The Bertz CT molecular complexity index is 856. The maximum absolute atomic E-state index is 12.7. The number of carbonyl (C=O) groups is 1. The molecule has 6 nitrogen and oxygen atoms in total. The molecule has 8 heteroatoms. The molecule has 0 spiro atoms. The van der Waals surface area contributed by atoms with Gasteiger partial charge in [-0.1, -0.05) is 31.7 Å². The number of aromatic nitrogens is 4. The minimum Gasteiger partial charge on any atom is -0.342 e. The van der Waals surface area contributed by atoms with Crippen molar-refractivity contribution in [2.45, 2.75) is 43.9 Å². The standard InChI is InChI=1S/C18H23N5OS2/c1-4-10-22(11-5-2)18(24)13(3)26-16-9-8-15-19-20-17(23(15)21-16)14-7-6-12-25-14/h6-9,12-13H,4-5,10-11H2,1-3H3/t13-/m1/s1. The number of carbonyl (C=O) groups excluding carboxylic acids is 1. The average Bonchev–Trinajstić information content (AvgIpc) is 3.29. The van der Waals surface area contributed by atoms with E-state index in [9.17, 15) is 4.79 Å². The summed E-state index contributed by atoms with van der Waals surface area (Å²) in [6, 6.07) is 7.78. The zero-order valence-electron chi connectivity index (χ0n) is 15.3. The second-order valence-corrected chi connectivity index (χ2v) is 8.34. The summed E-state index contributed by atoms with van der Waals surface area (Å²) in [4.78, 5) is 15.7. The monoisotopic (exact) mass is 389 g/mol. The van der Waals surface area contributed by atoms with Crippen molar-refractivity contribution < 1.29 is 4.79 Å². The molecule has 0 aromatic carbocycles. The Morgan fingerprint density at radius 3 is 2.65 bits per heavy atom. The van der Waals surface area contributed by atoms with Crippen LogP contribution in [-0.2, 0) is 4.79 Å². The zero-order valence-corrected chi connectivity index (χ0v) is 16.9. The lowest BCUT2D eigenvalue weighted by molar-refractivity contribution is -0.130. The number of thiophene rings is 1. The maximum Gasteiger partial charge on any atom is 0.235 e. The second kappa shape index (κ2) is 8.64. The van der Waals surface area contributed by atoms with E-state index < -0.39 is 0 Å². The lowest BCUT2D eigenvalue weighted by Gasteiger charge is -2.24. The zero-order chi connectivity index (χ0) is 18.5.